The molecule has 0 aromatic rings. The smallest absolute Gasteiger partial charge is 0.311 e. The fourth-order valence-corrected chi connectivity index (χ4v) is 6.77. The molecule has 0 bridgehead atoms. The van der Waals surface area contributed by atoms with Gasteiger partial charge in [-0.05, 0) is 59.8 Å². The SMILES string of the molecule is CC[C@H]1OC(=O)[C@H](C)[C@@H](OC[C@H]2C[C@@](C)(OC)[C@@H](O)[C@H](C)O2)[C@H](C)C[C@](C)(O)C[C@@H](C)C(=O)[C@H](C)[C@@H](O)[C@]1(C)O. The lowest BCUT2D eigenvalue weighted by molar-refractivity contribution is -0.229. The third-order valence-electron chi connectivity index (χ3n) is 9.27. The van der Waals surface area contributed by atoms with Gasteiger partial charge in [-0.3, -0.25) is 9.59 Å². The van der Waals surface area contributed by atoms with Gasteiger partial charge >= 0.3 is 5.97 Å². The molecule has 40 heavy (non-hydrogen) atoms. The fourth-order valence-electron chi connectivity index (χ4n) is 6.77. The molecule has 2 aliphatic heterocycles. The molecule has 10 heteroatoms. The van der Waals surface area contributed by atoms with Gasteiger partial charge in [0, 0.05) is 25.4 Å². The number of ether oxygens (including phenoxy) is 4. The molecule has 10 nitrogen and oxygen atoms in total. The number of aliphatic hydroxyl groups excluding tert-OH is 2. The van der Waals surface area contributed by atoms with Crippen molar-refractivity contribution in [3.63, 3.8) is 0 Å². The van der Waals surface area contributed by atoms with Crippen LogP contribution < -0.4 is 0 Å². The van der Waals surface area contributed by atoms with Gasteiger partial charge in [0.25, 0.3) is 0 Å². The fraction of sp³-hybridized carbons (Fsp3) is 0.933. The van der Waals surface area contributed by atoms with Gasteiger partial charge < -0.3 is 39.4 Å². The monoisotopic (exact) mass is 574 g/mol. The zero-order valence-electron chi connectivity index (χ0n) is 26.0. The average Bonchev–Trinajstić information content (AvgIpc) is 2.87. The van der Waals surface area contributed by atoms with Crippen LogP contribution in [0.1, 0.15) is 88.0 Å². The quantitative estimate of drug-likeness (QED) is 0.360. The summed E-state index contributed by atoms with van der Waals surface area (Å²) in [7, 11) is 1.54. The lowest BCUT2D eigenvalue weighted by Gasteiger charge is -2.45. The van der Waals surface area contributed by atoms with Gasteiger partial charge in [0.2, 0.25) is 0 Å². The Balaban J connectivity index is 2.39. The van der Waals surface area contributed by atoms with Gasteiger partial charge in [-0.1, -0.05) is 27.7 Å². The summed E-state index contributed by atoms with van der Waals surface area (Å²) in [4.78, 5) is 26.7. The van der Waals surface area contributed by atoms with E-state index in [0.29, 0.717) is 6.42 Å². The van der Waals surface area contributed by atoms with Crippen molar-refractivity contribution in [3.8, 4) is 0 Å². The Morgan fingerprint density at radius 3 is 2.08 bits per heavy atom. The summed E-state index contributed by atoms with van der Waals surface area (Å²) in [6.45, 7) is 15.3. The Hall–Kier alpha value is -1.14. The second-order valence-corrected chi connectivity index (χ2v) is 13.2. The van der Waals surface area contributed by atoms with Crippen LogP contribution in [-0.4, -0.2) is 99.3 Å². The molecular weight excluding hydrogens is 520 g/mol. The first-order chi connectivity index (χ1) is 18.3. The van der Waals surface area contributed by atoms with Gasteiger partial charge in [-0.15, -0.1) is 0 Å². The Labute approximate surface area is 239 Å². The van der Waals surface area contributed by atoms with Crippen molar-refractivity contribution >= 4 is 11.8 Å². The number of ketones is 1. The number of aliphatic hydroxyl groups is 4. The third kappa shape index (κ3) is 7.82. The summed E-state index contributed by atoms with van der Waals surface area (Å²) in [6, 6.07) is 0. The molecule has 0 aliphatic carbocycles. The highest BCUT2D eigenvalue weighted by Crippen LogP contribution is 2.36. The zero-order valence-corrected chi connectivity index (χ0v) is 26.0. The number of hydrogen-bond donors (Lipinski definition) is 4. The predicted octanol–water partition coefficient (Wildman–Crippen LogP) is 2.41. The maximum absolute atomic E-state index is 13.4. The van der Waals surface area contributed by atoms with Crippen LogP contribution in [0.15, 0.2) is 0 Å². The largest absolute Gasteiger partial charge is 0.459 e. The lowest BCUT2D eigenvalue weighted by atomic mass is 9.75. The van der Waals surface area contributed by atoms with Crippen molar-refractivity contribution in [2.45, 2.75) is 141 Å². The van der Waals surface area contributed by atoms with Crippen LogP contribution in [-0.2, 0) is 28.5 Å². The van der Waals surface area contributed by atoms with E-state index in [9.17, 15) is 30.0 Å². The minimum absolute atomic E-state index is 0.116. The summed E-state index contributed by atoms with van der Waals surface area (Å²) in [5.41, 5.74) is -3.97. The molecule has 2 fully saturated rings. The topological polar surface area (TPSA) is 152 Å². The first-order valence-electron chi connectivity index (χ1n) is 14.7. The Bertz CT molecular complexity index is 859. The molecule has 4 N–H and O–H groups in total. The molecule has 13 atom stereocenters. The van der Waals surface area contributed by atoms with Gasteiger partial charge in [0.1, 0.15) is 23.6 Å². The van der Waals surface area contributed by atoms with E-state index >= 15 is 0 Å². The van der Waals surface area contributed by atoms with Crippen LogP contribution in [0.3, 0.4) is 0 Å². The number of methoxy groups -OCH3 is 1. The molecule has 2 aliphatic rings. The third-order valence-corrected chi connectivity index (χ3v) is 9.27. The maximum atomic E-state index is 13.4. The van der Waals surface area contributed by atoms with Crippen LogP contribution in [0.2, 0.25) is 0 Å². The molecule has 0 amide bonds. The highest BCUT2D eigenvalue weighted by Gasteiger charge is 2.48. The molecule has 0 saturated carbocycles. The molecule has 2 rings (SSSR count). The van der Waals surface area contributed by atoms with E-state index < -0.39 is 77.1 Å². The van der Waals surface area contributed by atoms with Crippen LogP contribution >= 0.6 is 0 Å². The number of Topliss-reactive ketones (excluding diaryl/α,β-unsaturated/α-hetero) is 1. The second kappa shape index (κ2) is 13.4. The molecule has 0 aromatic carbocycles. The molecule has 2 heterocycles. The Morgan fingerprint density at radius 1 is 0.925 bits per heavy atom. The number of cyclic esters (lactones) is 1. The van der Waals surface area contributed by atoms with E-state index in [0.717, 1.165) is 0 Å². The van der Waals surface area contributed by atoms with E-state index in [1.807, 2.05) is 13.8 Å². The van der Waals surface area contributed by atoms with Crippen molar-refractivity contribution in [3.05, 3.63) is 0 Å². The number of carbonyl (C=O) groups excluding carboxylic acids is 2. The van der Waals surface area contributed by atoms with E-state index in [2.05, 4.69) is 0 Å². The predicted molar refractivity (Wildman–Crippen MR) is 148 cm³/mol. The van der Waals surface area contributed by atoms with Crippen molar-refractivity contribution < 1.29 is 49.0 Å². The zero-order chi connectivity index (χ0) is 30.8. The molecule has 0 aromatic heterocycles. The van der Waals surface area contributed by atoms with E-state index in [1.165, 1.54) is 6.92 Å². The number of carbonyl (C=O) groups is 2. The standard InChI is InChI=1S/C30H54O10/c1-11-22-30(9,36)25(32)18(4)23(31)16(2)12-28(7,35)13-17(3)24(19(5)27(34)40-22)38-15-21-14-29(8,37-10)26(33)20(6)39-21/h16-22,24-26,32-33,35-36H,11-15H2,1-10H3/t16-,17-,18+,19-,20+,21-,22-,24+,25-,26+,28-,29-,30-/m1/s1. The molecule has 0 spiro atoms. The van der Waals surface area contributed by atoms with Crippen LogP contribution in [0.4, 0.5) is 0 Å². The maximum Gasteiger partial charge on any atom is 0.311 e. The summed E-state index contributed by atoms with van der Waals surface area (Å²) >= 11 is 0. The highest BCUT2D eigenvalue weighted by atomic mass is 16.6. The highest BCUT2D eigenvalue weighted by molar-refractivity contribution is 5.83. The van der Waals surface area contributed by atoms with Gasteiger partial charge in [-0.2, -0.15) is 0 Å². The van der Waals surface area contributed by atoms with Gasteiger partial charge in [0.15, 0.2) is 0 Å². The van der Waals surface area contributed by atoms with Crippen LogP contribution in [0.5, 0.6) is 0 Å². The lowest BCUT2D eigenvalue weighted by Crippen LogP contribution is -2.57. The van der Waals surface area contributed by atoms with Gasteiger partial charge in [0.05, 0.1) is 48.1 Å². The minimum Gasteiger partial charge on any atom is -0.459 e. The first-order valence-corrected chi connectivity index (χ1v) is 14.7. The molecule has 2 saturated heterocycles. The minimum atomic E-state index is -1.88. The molecule has 0 radical (unpaired) electrons. The summed E-state index contributed by atoms with van der Waals surface area (Å²) in [6.07, 6.45) is -3.96. The van der Waals surface area contributed by atoms with E-state index in [4.69, 9.17) is 18.9 Å². The van der Waals surface area contributed by atoms with Crippen molar-refractivity contribution in [2.24, 2.45) is 23.7 Å². The van der Waals surface area contributed by atoms with Gasteiger partial charge in [-0.25, -0.2) is 0 Å². The normalized spacial score (nSPS) is 48.4. The second-order valence-electron chi connectivity index (χ2n) is 13.2. The van der Waals surface area contributed by atoms with E-state index in [1.54, 1.807) is 48.7 Å². The Morgan fingerprint density at radius 2 is 1.52 bits per heavy atom. The summed E-state index contributed by atoms with van der Waals surface area (Å²) < 4.78 is 23.7. The van der Waals surface area contributed by atoms with Crippen molar-refractivity contribution in [1.82, 2.24) is 0 Å². The summed E-state index contributed by atoms with van der Waals surface area (Å²) in [5.74, 6) is -3.53. The molecule has 234 valence electrons. The van der Waals surface area contributed by atoms with E-state index in [-0.39, 0.29) is 37.6 Å². The van der Waals surface area contributed by atoms with Crippen molar-refractivity contribution in [1.29, 1.82) is 0 Å². The Kier molecular flexibility index (Phi) is 11.8. The molecular formula is C30H54O10. The first kappa shape index (κ1) is 35.1. The van der Waals surface area contributed by atoms with Crippen LogP contribution in [0.25, 0.3) is 0 Å². The van der Waals surface area contributed by atoms with Crippen molar-refractivity contribution in [2.75, 3.05) is 13.7 Å². The summed E-state index contributed by atoms with van der Waals surface area (Å²) in [5, 5.41) is 44.2. The number of esters is 1. The number of rotatable bonds is 5. The van der Waals surface area contributed by atoms with Crippen LogP contribution in [0, 0.1) is 23.7 Å². The number of hydrogen-bond acceptors (Lipinski definition) is 10. The molecule has 0 unspecified atom stereocenters. The average molecular weight is 575 g/mol.